The third-order valence-electron chi connectivity index (χ3n) is 2.56. The fourth-order valence-corrected chi connectivity index (χ4v) is 2.80. The Morgan fingerprint density at radius 3 is 2.53 bits per heavy atom. The molecule has 0 spiro atoms. The first-order valence-electron chi connectivity index (χ1n) is 5.53. The maximum absolute atomic E-state index is 12.9. The van der Waals surface area contributed by atoms with Crippen LogP contribution in [0.15, 0.2) is 47.4 Å². The molecule has 0 amide bonds. The zero-order valence-corrected chi connectivity index (χ0v) is 11.0. The third-order valence-corrected chi connectivity index (χ3v) is 3.92. The lowest BCUT2D eigenvalue weighted by Crippen LogP contribution is -2.14. The Hall–Kier alpha value is -2.08. The van der Waals surface area contributed by atoms with Gasteiger partial charge in [0.25, 0.3) is 10.0 Å². The lowest BCUT2D eigenvalue weighted by atomic mass is 10.2. The molecule has 0 aromatic heterocycles. The average molecular weight is 280 g/mol. The van der Waals surface area contributed by atoms with Crippen LogP contribution in [0.2, 0.25) is 0 Å². The Balaban J connectivity index is 2.36. The highest BCUT2D eigenvalue weighted by Crippen LogP contribution is 2.23. The largest absolute Gasteiger partial charge is 0.397 e. The van der Waals surface area contributed by atoms with Crippen molar-refractivity contribution < 1.29 is 12.8 Å². The first kappa shape index (κ1) is 13.4. The number of hydrogen-bond donors (Lipinski definition) is 2. The van der Waals surface area contributed by atoms with E-state index in [2.05, 4.69) is 4.72 Å². The topological polar surface area (TPSA) is 72.2 Å². The molecule has 19 heavy (non-hydrogen) atoms. The Kier molecular flexibility index (Phi) is 3.44. The average Bonchev–Trinajstić information content (AvgIpc) is 2.33. The number of aryl methyl sites for hydroxylation is 1. The predicted molar refractivity (Wildman–Crippen MR) is 72.8 cm³/mol. The molecular weight excluding hydrogens is 267 g/mol. The lowest BCUT2D eigenvalue weighted by molar-refractivity contribution is 0.601. The summed E-state index contributed by atoms with van der Waals surface area (Å²) in [6, 6.07) is 9.97. The summed E-state index contributed by atoms with van der Waals surface area (Å²) in [5, 5.41) is 0. The molecule has 0 aliphatic rings. The van der Waals surface area contributed by atoms with Crippen molar-refractivity contribution in [3.63, 3.8) is 0 Å². The molecule has 0 fully saturated rings. The van der Waals surface area contributed by atoms with Crippen LogP contribution in [0.4, 0.5) is 15.8 Å². The number of hydrogen-bond acceptors (Lipinski definition) is 3. The van der Waals surface area contributed by atoms with Gasteiger partial charge in [-0.1, -0.05) is 12.1 Å². The van der Waals surface area contributed by atoms with Gasteiger partial charge in [0, 0.05) is 0 Å². The smallest absolute Gasteiger partial charge is 0.261 e. The van der Waals surface area contributed by atoms with Crippen molar-refractivity contribution in [1.82, 2.24) is 0 Å². The molecular formula is C13H13FN2O2S. The Bertz CT molecular complexity index is 714. The van der Waals surface area contributed by atoms with Crippen molar-refractivity contribution >= 4 is 21.4 Å². The highest BCUT2D eigenvalue weighted by Gasteiger charge is 2.15. The highest BCUT2D eigenvalue weighted by atomic mass is 32.2. The van der Waals surface area contributed by atoms with Gasteiger partial charge in [-0.25, -0.2) is 12.8 Å². The van der Waals surface area contributed by atoms with Crippen molar-refractivity contribution in [2.45, 2.75) is 11.8 Å². The van der Waals surface area contributed by atoms with E-state index >= 15 is 0 Å². The van der Waals surface area contributed by atoms with Crippen LogP contribution in [-0.2, 0) is 10.0 Å². The number of nitrogen functional groups attached to an aromatic ring is 1. The van der Waals surface area contributed by atoms with Crippen LogP contribution < -0.4 is 10.5 Å². The lowest BCUT2D eigenvalue weighted by Gasteiger charge is -2.10. The van der Waals surface area contributed by atoms with Crippen LogP contribution in [0, 0.1) is 12.7 Å². The number of sulfonamides is 1. The number of nitrogens with one attached hydrogen (secondary N) is 1. The van der Waals surface area contributed by atoms with Gasteiger partial charge in [0.1, 0.15) is 5.82 Å². The predicted octanol–water partition coefficient (Wildman–Crippen LogP) is 2.52. The van der Waals surface area contributed by atoms with Crippen LogP contribution in [-0.4, -0.2) is 8.42 Å². The molecule has 0 aliphatic heterocycles. The molecule has 3 N–H and O–H groups in total. The van der Waals surface area contributed by atoms with Crippen LogP contribution >= 0.6 is 0 Å². The van der Waals surface area contributed by atoms with Gasteiger partial charge in [-0.15, -0.1) is 0 Å². The van der Waals surface area contributed by atoms with Crippen LogP contribution in [0.25, 0.3) is 0 Å². The summed E-state index contributed by atoms with van der Waals surface area (Å²) in [5.41, 5.74) is 6.59. The van der Waals surface area contributed by atoms with Crippen molar-refractivity contribution in [3.8, 4) is 0 Å². The second-order valence-electron chi connectivity index (χ2n) is 4.15. The zero-order valence-electron chi connectivity index (χ0n) is 10.2. The molecule has 0 heterocycles. The van der Waals surface area contributed by atoms with Crippen LogP contribution in [0.3, 0.4) is 0 Å². The molecule has 0 atom stereocenters. The van der Waals surface area contributed by atoms with Crippen molar-refractivity contribution in [2.24, 2.45) is 0 Å². The van der Waals surface area contributed by atoms with Crippen molar-refractivity contribution in [3.05, 3.63) is 53.8 Å². The second kappa shape index (κ2) is 4.89. The summed E-state index contributed by atoms with van der Waals surface area (Å²) in [7, 11) is -3.72. The molecule has 0 radical (unpaired) electrons. The molecule has 0 saturated carbocycles. The molecule has 0 aliphatic carbocycles. The molecule has 4 nitrogen and oxygen atoms in total. The second-order valence-corrected chi connectivity index (χ2v) is 5.84. The number of rotatable bonds is 3. The summed E-state index contributed by atoms with van der Waals surface area (Å²) in [6.07, 6.45) is 0. The first-order chi connectivity index (χ1) is 8.88. The number of anilines is 2. The summed E-state index contributed by atoms with van der Waals surface area (Å²) in [4.78, 5) is 0.135. The quantitative estimate of drug-likeness (QED) is 0.848. The van der Waals surface area contributed by atoms with E-state index in [0.717, 1.165) is 17.7 Å². The summed E-state index contributed by atoms with van der Waals surface area (Å²) in [5.74, 6) is -0.518. The minimum Gasteiger partial charge on any atom is -0.397 e. The van der Waals surface area contributed by atoms with Gasteiger partial charge < -0.3 is 5.73 Å². The molecule has 2 aromatic carbocycles. The van der Waals surface area contributed by atoms with E-state index < -0.39 is 15.8 Å². The van der Waals surface area contributed by atoms with Crippen molar-refractivity contribution in [1.29, 1.82) is 0 Å². The van der Waals surface area contributed by atoms with E-state index in [1.54, 1.807) is 25.1 Å². The minimum absolute atomic E-state index is 0.0382. The first-order valence-corrected chi connectivity index (χ1v) is 7.01. The van der Waals surface area contributed by atoms with Crippen LogP contribution in [0.5, 0.6) is 0 Å². The summed E-state index contributed by atoms with van der Waals surface area (Å²) < 4.78 is 39.5. The van der Waals surface area contributed by atoms with E-state index in [9.17, 15) is 12.8 Å². The Morgan fingerprint density at radius 2 is 1.89 bits per heavy atom. The normalized spacial score (nSPS) is 11.3. The third kappa shape index (κ3) is 3.03. The standard InChI is InChI=1S/C13H13FN2O2S/c1-9-3-2-4-11(7-9)19(17,18)16-13-6-5-10(14)8-12(13)15/h2-8,16H,15H2,1H3. The Labute approximate surface area is 111 Å². The van der Waals surface area contributed by atoms with Crippen LogP contribution in [0.1, 0.15) is 5.56 Å². The van der Waals surface area contributed by atoms with E-state index in [4.69, 9.17) is 5.73 Å². The molecule has 0 unspecified atom stereocenters. The molecule has 2 rings (SSSR count). The molecule has 0 saturated heterocycles. The number of halogens is 1. The van der Waals surface area contributed by atoms with Gasteiger partial charge in [0.05, 0.1) is 16.3 Å². The maximum atomic E-state index is 12.9. The van der Waals surface area contributed by atoms with E-state index in [1.165, 1.54) is 12.1 Å². The van der Waals surface area contributed by atoms with E-state index in [1.807, 2.05) is 0 Å². The molecule has 100 valence electrons. The van der Waals surface area contributed by atoms with Crippen molar-refractivity contribution in [2.75, 3.05) is 10.5 Å². The van der Waals surface area contributed by atoms with E-state index in [0.29, 0.717) is 0 Å². The zero-order chi connectivity index (χ0) is 14.0. The number of benzene rings is 2. The highest BCUT2D eigenvalue weighted by molar-refractivity contribution is 7.92. The molecule has 0 bridgehead atoms. The fraction of sp³-hybridized carbons (Fsp3) is 0.0769. The SMILES string of the molecule is Cc1cccc(S(=O)(=O)Nc2ccc(F)cc2N)c1. The van der Waals surface area contributed by atoms with Gasteiger partial charge in [-0.3, -0.25) is 4.72 Å². The summed E-state index contributed by atoms with van der Waals surface area (Å²) >= 11 is 0. The van der Waals surface area contributed by atoms with Gasteiger partial charge >= 0.3 is 0 Å². The van der Waals surface area contributed by atoms with Gasteiger partial charge in [0.2, 0.25) is 0 Å². The van der Waals surface area contributed by atoms with E-state index in [-0.39, 0.29) is 16.3 Å². The minimum atomic E-state index is -3.72. The van der Waals surface area contributed by atoms with Gasteiger partial charge in [-0.2, -0.15) is 0 Å². The maximum Gasteiger partial charge on any atom is 0.261 e. The fourth-order valence-electron chi connectivity index (χ4n) is 1.61. The van der Waals surface area contributed by atoms with Gasteiger partial charge in [-0.05, 0) is 42.8 Å². The monoisotopic (exact) mass is 280 g/mol. The Morgan fingerprint density at radius 1 is 1.16 bits per heavy atom. The molecule has 6 heteroatoms. The van der Waals surface area contributed by atoms with Gasteiger partial charge in [0.15, 0.2) is 0 Å². The number of nitrogens with two attached hydrogens (primary N) is 1. The molecule has 2 aromatic rings. The summed E-state index contributed by atoms with van der Waals surface area (Å²) in [6.45, 7) is 1.80.